The van der Waals surface area contributed by atoms with E-state index in [1.54, 1.807) is 24.3 Å². The highest BCUT2D eigenvalue weighted by atomic mass is 127. The highest BCUT2D eigenvalue weighted by molar-refractivity contribution is 14.1. The van der Waals surface area contributed by atoms with Crippen LogP contribution < -0.4 is 10.1 Å². The number of benzene rings is 2. The maximum absolute atomic E-state index is 12.2. The van der Waals surface area contributed by atoms with Crippen molar-refractivity contribution in [1.82, 2.24) is 0 Å². The van der Waals surface area contributed by atoms with Gasteiger partial charge in [0, 0.05) is 5.69 Å². The Morgan fingerprint density at radius 2 is 2.04 bits per heavy atom. The summed E-state index contributed by atoms with van der Waals surface area (Å²) in [6.07, 6.45) is 6.70. The van der Waals surface area contributed by atoms with Gasteiger partial charge < -0.3 is 10.1 Å². The minimum absolute atomic E-state index is 0.0203. The van der Waals surface area contributed by atoms with Gasteiger partial charge in [-0.3, -0.25) is 4.79 Å². The van der Waals surface area contributed by atoms with Gasteiger partial charge in [-0.05, 0) is 58.5 Å². The van der Waals surface area contributed by atoms with Gasteiger partial charge in [-0.1, -0.05) is 30.2 Å². The molecule has 0 saturated heterocycles. The minimum atomic E-state index is -0.452. The second-order valence-corrected chi connectivity index (χ2v) is 5.83. The molecule has 0 bridgehead atoms. The van der Waals surface area contributed by atoms with Crippen molar-refractivity contribution in [2.75, 3.05) is 11.9 Å². The number of rotatable bonds is 5. The van der Waals surface area contributed by atoms with Crippen LogP contribution in [0.1, 0.15) is 5.56 Å². The summed E-state index contributed by atoms with van der Waals surface area (Å²) >= 11 is 2.11. The van der Waals surface area contributed by atoms with Gasteiger partial charge in [0.05, 0.1) is 3.57 Å². The van der Waals surface area contributed by atoms with Crippen molar-refractivity contribution in [3.05, 3.63) is 63.2 Å². The second-order valence-electron chi connectivity index (χ2n) is 4.67. The van der Waals surface area contributed by atoms with Crippen LogP contribution in [0.25, 0.3) is 6.08 Å². The smallest absolute Gasteiger partial charge is 0.266 e. The zero-order chi connectivity index (χ0) is 17.4. The summed E-state index contributed by atoms with van der Waals surface area (Å²) in [6.45, 7) is 0.189. The maximum Gasteiger partial charge on any atom is 0.266 e. The highest BCUT2D eigenvalue weighted by Gasteiger charge is 2.10. The van der Waals surface area contributed by atoms with Crippen molar-refractivity contribution < 1.29 is 9.53 Å². The van der Waals surface area contributed by atoms with Crippen LogP contribution in [0.2, 0.25) is 0 Å². The van der Waals surface area contributed by atoms with E-state index in [1.807, 2.05) is 30.3 Å². The van der Waals surface area contributed by atoms with Crippen LogP contribution in [-0.2, 0) is 4.79 Å². The quantitative estimate of drug-likeness (QED) is 0.341. The van der Waals surface area contributed by atoms with Crippen LogP contribution in [0.15, 0.2) is 54.1 Å². The number of carbonyl (C=O) groups is 1. The molecule has 0 unspecified atom stereocenters. The Bertz CT molecular complexity index is 846. The number of nitrogens with zero attached hydrogens (tertiary/aromatic N) is 1. The monoisotopic (exact) mass is 428 g/mol. The van der Waals surface area contributed by atoms with Gasteiger partial charge >= 0.3 is 0 Å². The van der Waals surface area contributed by atoms with E-state index < -0.39 is 5.91 Å². The molecule has 24 heavy (non-hydrogen) atoms. The first-order valence-electron chi connectivity index (χ1n) is 6.98. The first-order valence-corrected chi connectivity index (χ1v) is 8.06. The average Bonchev–Trinajstić information content (AvgIpc) is 2.59. The topological polar surface area (TPSA) is 62.1 Å². The summed E-state index contributed by atoms with van der Waals surface area (Å²) < 4.78 is 6.23. The van der Waals surface area contributed by atoms with Gasteiger partial charge in [-0.2, -0.15) is 5.26 Å². The number of halogens is 1. The summed E-state index contributed by atoms with van der Waals surface area (Å²) in [6, 6.07) is 16.3. The molecule has 0 atom stereocenters. The molecule has 118 valence electrons. The molecule has 2 aromatic rings. The third-order valence-electron chi connectivity index (χ3n) is 2.97. The molecule has 0 spiro atoms. The summed E-state index contributed by atoms with van der Waals surface area (Å²) in [5.74, 6) is 2.62. The summed E-state index contributed by atoms with van der Waals surface area (Å²) in [7, 11) is 0. The predicted molar refractivity (Wildman–Crippen MR) is 102 cm³/mol. The van der Waals surface area contributed by atoms with E-state index in [4.69, 9.17) is 11.2 Å². The fourth-order valence-corrected chi connectivity index (χ4v) is 2.57. The van der Waals surface area contributed by atoms with Crippen LogP contribution in [0.4, 0.5) is 5.69 Å². The molecule has 4 nitrogen and oxygen atoms in total. The first kappa shape index (κ1) is 17.6. The fourth-order valence-electron chi connectivity index (χ4n) is 1.88. The van der Waals surface area contributed by atoms with Crippen LogP contribution in [0, 0.1) is 27.2 Å². The Hall–Kier alpha value is -2.77. The summed E-state index contributed by atoms with van der Waals surface area (Å²) in [5.41, 5.74) is 1.38. The van der Waals surface area contributed by atoms with Crippen LogP contribution in [0.3, 0.4) is 0 Å². The Kier molecular flexibility index (Phi) is 6.41. The third kappa shape index (κ3) is 4.87. The van der Waals surface area contributed by atoms with E-state index in [2.05, 4.69) is 33.8 Å². The van der Waals surface area contributed by atoms with Gasteiger partial charge in [-0.25, -0.2) is 0 Å². The van der Waals surface area contributed by atoms with Gasteiger partial charge in [0.25, 0.3) is 5.91 Å². The Balaban J connectivity index is 2.18. The highest BCUT2D eigenvalue weighted by Crippen LogP contribution is 2.23. The lowest BCUT2D eigenvalue weighted by molar-refractivity contribution is -0.112. The van der Waals surface area contributed by atoms with Crippen molar-refractivity contribution in [2.24, 2.45) is 0 Å². The number of carbonyl (C=O) groups excluding carboxylic acids is 1. The molecule has 0 fully saturated rings. The molecule has 0 heterocycles. The fraction of sp³-hybridized carbons (Fsp3) is 0.0526. The number of amides is 1. The molecule has 0 saturated carbocycles. The standard InChI is InChI=1S/C19H13IN2O2/c1-2-10-24-18-9-8-14(12-17(18)20)11-15(13-21)19(23)22-16-6-4-3-5-7-16/h1,3-9,11-12H,10H2,(H,22,23)/b15-11-. The molecular formula is C19H13IN2O2. The van der Waals surface area contributed by atoms with Crippen molar-refractivity contribution in [1.29, 1.82) is 5.26 Å². The molecule has 1 N–H and O–H groups in total. The van der Waals surface area contributed by atoms with Crippen molar-refractivity contribution in [2.45, 2.75) is 0 Å². The normalized spacial score (nSPS) is 10.4. The maximum atomic E-state index is 12.2. The molecule has 1 amide bonds. The lowest BCUT2D eigenvalue weighted by Gasteiger charge is -2.07. The number of hydrogen-bond acceptors (Lipinski definition) is 3. The molecule has 2 aromatic carbocycles. The van der Waals surface area contributed by atoms with Gasteiger partial charge in [0.2, 0.25) is 0 Å². The number of nitriles is 1. The van der Waals surface area contributed by atoms with Crippen LogP contribution in [-0.4, -0.2) is 12.5 Å². The zero-order valence-electron chi connectivity index (χ0n) is 12.6. The molecule has 0 aliphatic heterocycles. The predicted octanol–water partition coefficient (Wildman–Crippen LogP) is 3.85. The molecule has 5 heteroatoms. The van der Waals surface area contributed by atoms with Gasteiger partial charge in [0.15, 0.2) is 0 Å². The first-order chi connectivity index (χ1) is 11.6. The van der Waals surface area contributed by atoms with E-state index >= 15 is 0 Å². The van der Waals surface area contributed by atoms with Crippen LogP contribution >= 0.6 is 22.6 Å². The minimum Gasteiger partial charge on any atom is -0.480 e. The van der Waals surface area contributed by atoms with E-state index in [0.717, 1.165) is 9.13 Å². The second kappa shape index (κ2) is 8.76. The van der Waals surface area contributed by atoms with Crippen molar-refractivity contribution in [3.8, 4) is 24.2 Å². The van der Waals surface area contributed by atoms with E-state index in [1.165, 1.54) is 6.08 Å². The third-order valence-corrected chi connectivity index (χ3v) is 3.82. The number of para-hydroxylation sites is 1. The van der Waals surface area contributed by atoms with E-state index in [-0.39, 0.29) is 12.2 Å². The molecule has 0 radical (unpaired) electrons. The Morgan fingerprint density at radius 3 is 2.67 bits per heavy atom. The number of nitrogens with one attached hydrogen (secondary N) is 1. The largest absolute Gasteiger partial charge is 0.480 e. The summed E-state index contributed by atoms with van der Waals surface area (Å²) in [4.78, 5) is 12.2. The zero-order valence-corrected chi connectivity index (χ0v) is 14.8. The number of terminal acetylenes is 1. The number of anilines is 1. The number of ether oxygens (including phenoxy) is 1. The average molecular weight is 428 g/mol. The lowest BCUT2D eigenvalue weighted by Crippen LogP contribution is -2.13. The molecule has 0 aliphatic rings. The molecule has 0 aromatic heterocycles. The molecule has 0 aliphatic carbocycles. The SMILES string of the molecule is C#CCOc1ccc(/C=C(/C#N)C(=O)Nc2ccccc2)cc1I. The van der Waals surface area contributed by atoms with Crippen molar-refractivity contribution >= 4 is 40.3 Å². The van der Waals surface area contributed by atoms with Crippen molar-refractivity contribution in [3.63, 3.8) is 0 Å². The number of hydrogen-bond donors (Lipinski definition) is 1. The Morgan fingerprint density at radius 1 is 1.29 bits per heavy atom. The van der Waals surface area contributed by atoms with Crippen LogP contribution in [0.5, 0.6) is 5.75 Å². The molecular weight excluding hydrogens is 415 g/mol. The van der Waals surface area contributed by atoms with Gasteiger partial charge in [-0.15, -0.1) is 6.42 Å². The lowest BCUT2D eigenvalue weighted by atomic mass is 10.1. The Labute approximate surface area is 154 Å². The summed E-state index contributed by atoms with van der Waals surface area (Å²) in [5, 5.41) is 11.9. The van der Waals surface area contributed by atoms with Gasteiger partial charge in [0.1, 0.15) is 24.0 Å². The van der Waals surface area contributed by atoms with E-state index in [0.29, 0.717) is 11.4 Å². The van der Waals surface area contributed by atoms with E-state index in [9.17, 15) is 10.1 Å². The molecule has 2 rings (SSSR count).